The van der Waals surface area contributed by atoms with Crippen LogP contribution in [0.4, 0.5) is 5.69 Å². The second kappa shape index (κ2) is 7.47. The molecule has 2 aromatic rings. The number of carboxylic acids is 1. The minimum absolute atomic E-state index is 0.294. The summed E-state index contributed by atoms with van der Waals surface area (Å²) >= 11 is 0. The van der Waals surface area contributed by atoms with Crippen LogP contribution in [0.25, 0.3) is 0 Å². The number of nitrogens with zero attached hydrogens (tertiary/aromatic N) is 1. The number of carboxylic acid groups (broad SMARTS) is 1. The van der Waals surface area contributed by atoms with Gasteiger partial charge in [0.2, 0.25) is 0 Å². The molecule has 0 aliphatic carbocycles. The number of hydrogen-bond donors (Lipinski definition) is 1. The predicted octanol–water partition coefficient (Wildman–Crippen LogP) is 2.95. The standard InChI is InChI=1S/C20H21NO5/c1-13-4-3-5-15(10-13)25-9-8-21-16-11-14(2)6-7-17(16)26-18(20(21)24)12-19(22)23/h3-7,10-11,18H,8-9,12H2,1-2H3,(H,22,23). The third kappa shape index (κ3) is 3.96. The van der Waals surface area contributed by atoms with Gasteiger partial charge in [0.25, 0.3) is 5.91 Å². The van der Waals surface area contributed by atoms with Crippen LogP contribution in [0, 0.1) is 13.8 Å². The first-order valence-corrected chi connectivity index (χ1v) is 8.44. The SMILES string of the molecule is Cc1cccc(OCCN2C(=O)C(CC(=O)O)Oc3ccc(C)cc32)c1. The number of fused-ring (bicyclic) bond motifs is 1. The van der Waals surface area contributed by atoms with Crippen molar-refractivity contribution >= 4 is 17.6 Å². The van der Waals surface area contributed by atoms with Crippen molar-refractivity contribution in [3.8, 4) is 11.5 Å². The zero-order valence-electron chi connectivity index (χ0n) is 14.8. The average Bonchev–Trinajstić information content (AvgIpc) is 2.58. The van der Waals surface area contributed by atoms with E-state index in [9.17, 15) is 9.59 Å². The summed E-state index contributed by atoms with van der Waals surface area (Å²) in [5.41, 5.74) is 2.72. The van der Waals surface area contributed by atoms with Gasteiger partial charge >= 0.3 is 5.97 Å². The molecule has 0 saturated heterocycles. The number of aliphatic carboxylic acids is 1. The van der Waals surface area contributed by atoms with Crippen LogP contribution in [0.5, 0.6) is 11.5 Å². The van der Waals surface area contributed by atoms with Crippen molar-refractivity contribution in [2.24, 2.45) is 0 Å². The molecule has 1 aliphatic heterocycles. The second-order valence-corrected chi connectivity index (χ2v) is 6.33. The van der Waals surface area contributed by atoms with Crippen LogP contribution in [-0.2, 0) is 9.59 Å². The summed E-state index contributed by atoms with van der Waals surface area (Å²) in [6.45, 7) is 4.51. The normalized spacial score (nSPS) is 16.0. The molecule has 6 heteroatoms. The van der Waals surface area contributed by atoms with Crippen LogP contribution in [0.3, 0.4) is 0 Å². The molecule has 0 bridgehead atoms. The fourth-order valence-electron chi connectivity index (χ4n) is 2.91. The second-order valence-electron chi connectivity index (χ2n) is 6.33. The molecular formula is C20H21NO5. The van der Waals surface area contributed by atoms with E-state index in [1.807, 2.05) is 50.2 Å². The number of rotatable bonds is 6. The van der Waals surface area contributed by atoms with Crippen molar-refractivity contribution in [2.45, 2.75) is 26.4 Å². The summed E-state index contributed by atoms with van der Waals surface area (Å²) in [5, 5.41) is 9.04. The van der Waals surface area contributed by atoms with Crippen LogP contribution >= 0.6 is 0 Å². The van der Waals surface area contributed by atoms with Crippen molar-refractivity contribution in [3.05, 3.63) is 53.6 Å². The number of benzene rings is 2. The Hall–Kier alpha value is -3.02. The molecule has 0 aromatic heterocycles. The van der Waals surface area contributed by atoms with Crippen LogP contribution < -0.4 is 14.4 Å². The third-order valence-corrected chi connectivity index (χ3v) is 4.15. The number of carbonyl (C=O) groups excluding carboxylic acids is 1. The summed E-state index contributed by atoms with van der Waals surface area (Å²) in [7, 11) is 0. The van der Waals surface area contributed by atoms with Gasteiger partial charge in [0.15, 0.2) is 6.10 Å². The monoisotopic (exact) mass is 355 g/mol. The Labute approximate surface area is 152 Å². The smallest absolute Gasteiger partial charge is 0.307 e. The Bertz CT molecular complexity index is 833. The zero-order chi connectivity index (χ0) is 18.7. The first-order valence-electron chi connectivity index (χ1n) is 8.44. The van der Waals surface area contributed by atoms with Crippen molar-refractivity contribution in [1.82, 2.24) is 0 Å². The molecule has 3 rings (SSSR count). The molecule has 1 N–H and O–H groups in total. The lowest BCUT2D eigenvalue weighted by molar-refractivity contribution is -0.142. The summed E-state index contributed by atoms with van der Waals surface area (Å²) in [5.74, 6) is -0.192. The largest absolute Gasteiger partial charge is 0.492 e. The Morgan fingerprint density at radius 3 is 2.69 bits per heavy atom. The van der Waals surface area contributed by atoms with Crippen LogP contribution in [-0.4, -0.2) is 36.2 Å². The molecule has 0 fully saturated rings. The van der Waals surface area contributed by atoms with Gasteiger partial charge < -0.3 is 19.5 Å². The molecule has 136 valence electrons. The lowest BCUT2D eigenvalue weighted by Crippen LogP contribution is -2.48. The van der Waals surface area contributed by atoms with Gasteiger partial charge in [-0.1, -0.05) is 18.2 Å². The molecule has 26 heavy (non-hydrogen) atoms. The predicted molar refractivity (Wildman–Crippen MR) is 96.9 cm³/mol. The fourth-order valence-corrected chi connectivity index (χ4v) is 2.91. The molecule has 2 aromatic carbocycles. The maximum absolute atomic E-state index is 12.7. The Balaban J connectivity index is 1.77. The van der Waals surface area contributed by atoms with E-state index in [2.05, 4.69) is 0 Å². The van der Waals surface area contributed by atoms with Gasteiger partial charge in [-0.25, -0.2) is 0 Å². The van der Waals surface area contributed by atoms with E-state index in [1.165, 1.54) is 0 Å². The van der Waals surface area contributed by atoms with Crippen molar-refractivity contribution < 1.29 is 24.2 Å². The maximum atomic E-state index is 12.7. The van der Waals surface area contributed by atoms with E-state index < -0.39 is 12.1 Å². The number of ether oxygens (including phenoxy) is 2. The molecular weight excluding hydrogens is 334 g/mol. The summed E-state index contributed by atoms with van der Waals surface area (Å²) in [4.78, 5) is 25.3. The highest BCUT2D eigenvalue weighted by Gasteiger charge is 2.35. The number of anilines is 1. The lowest BCUT2D eigenvalue weighted by atomic mass is 10.1. The van der Waals surface area contributed by atoms with Crippen LogP contribution in [0.2, 0.25) is 0 Å². The van der Waals surface area contributed by atoms with Gasteiger partial charge in [-0.05, 0) is 49.2 Å². The van der Waals surface area contributed by atoms with E-state index in [0.29, 0.717) is 24.6 Å². The van der Waals surface area contributed by atoms with Crippen LogP contribution in [0.15, 0.2) is 42.5 Å². The van der Waals surface area contributed by atoms with Gasteiger partial charge in [-0.15, -0.1) is 0 Å². The number of carbonyl (C=O) groups is 2. The maximum Gasteiger partial charge on any atom is 0.307 e. The molecule has 1 heterocycles. The highest BCUT2D eigenvalue weighted by atomic mass is 16.5. The molecule has 0 spiro atoms. The van der Waals surface area contributed by atoms with E-state index in [0.717, 1.165) is 16.9 Å². The van der Waals surface area contributed by atoms with Gasteiger partial charge in [0.1, 0.15) is 18.1 Å². The molecule has 0 saturated carbocycles. The summed E-state index contributed by atoms with van der Waals surface area (Å²) < 4.78 is 11.4. The highest BCUT2D eigenvalue weighted by molar-refractivity contribution is 6.01. The number of amides is 1. The van der Waals surface area contributed by atoms with E-state index >= 15 is 0 Å². The van der Waals surface area contributed by atoms with Crippen molar-refractivity contribution in [3.63, 3.8) is 0 Å². The van der Waals surface area contributed by atoms with Gasteiger partial charge in [0, 0.05) is 0 Å². The minimum atomic E-state index is -1.07. The van der Waals surface area contributed by atoms with E-state index in [1.54, 1.807) is 11.0 Å². The van der Waals surface area contributed by atoms with Gasteiger partial charge in [0.05, 0.1) is 18.7 Å². The summed E-state index contributed by atoms with van der Waals surface area (Å²) in [6, 6.07) is 13.2. The van der Waals surface area contributed by atoms with Gasteiger partial charge in [-0.3, -0.25) is 9.59 Å². The molecule has 1 atom stereocenters. The number of aryl methyl sites for hydroxylation is 2. The number of hydrogen-bond acceptors (Lipinski definition) is 4. The zero-order valence-corrected chi connectivity index (χ0v) is 14.8. The van der Waals surface area contributed by atoms with E-state index in [4.69, 9.17) is 14.6 Å². The Morgan fingerprint density at radius 2 is 1.96 bits per heavy atom. The van der Waals surface area contributed by atoms with Crippen molar-refractivity contribution in [1.29, 1.82) is 0 Å². The molecule has 0 radical (unpaired) electrons. The quantitative estimate of drug-likeness (QED) is 0.862. The topological polar surface area (TPSA) is 76.1 Å². The van der Waals surface area contributed by atoms with Crippen LogP contribution in [0.1, 0.15) is 17.5 Å². The first kappa shape index (κ1) is 17.8. The van der Waals surface area contributed by atoms with Gasteiger partial charge in [-0.2, -0.15) is 0 Å². The molecule has 1 aliphatic rings. The Kier molecular flexibility index (Phi) is 5.11. The van der Waals surface area contributed by atoms with Crippen molar-refractivity contribution in [2.75, 3.05) is 18.1 Å². The fraction of sp³-hybridized carbons (Fsp3) is 0.300. The summed E-state index contributed by atoms with van der Waals surface area (Å²) in [6.07, 6.45) is -1.40. The lowest BCUT2D eigenvalue weighted by Gasteiger charge is -2.34. The molecule has 1 unspecified atom stereocenters. The Morgan fingerprint density at radius 1 is 1.19 bits per heavy atom. The highest BCUT2D eigenvalue weighted by Crippen LogP contribution is 2.35. The molecule has 6 nitrogen and oxygen atoms in total. The third-order valence-electron chi connectivity index (χ3n) is 4.15. The average molecular weight is 355 g/mol. The molecule has 1 amide bonds. The van der Waals surface area contributed by atoms with E-state index in [-0.39, 0.29) is 12.3 Å². The first-order chi connectivity index (χ1) is 12.4. The minimum Gasteiger partial charge on any atom is -0.492 e.